The Bertz CT molecular complexity index is 886. The van der Waals surface area contributed by atoms with Gasteiger partial charge in [0.25, 0.3) is 0 Å². The zero-order chi connectivity index (χ0) is 18.4. The lowest BCUT2D eigenvalue weighted by Crippen LogP contribution is -2.03. The third-order valence-electron chi connectivity index (χ3n) is 3.55. The second kappa shape index (κ2) is 9.08. The summed E-state index contributed by atoms with van der Waals surface area (Å²) >= 11 is 13.3. The number of rotatable bonds is 7. The highest BCUT2D eigenvalue weighted by Gasteiger charge is 2.08. The molecule has 0 fully saturated rings. The van der Waals surface area contributed by atoms with E-state index in [2.05, 4.69) is 4.98 Å². The summed E-state index contributed by atoms with van der Waals surface area (Å²) in [7, 11) is 0. The molecule has 0 amide bonds. The van der Waals surface area contributed by atoms with Crippen LogP contribution in [0.15, 0.2) is 71.9 Å². The van der Waals surface area contributed by atoms with E-state index >= 15 is 0 Å². The normalized spacial score (nSPS) is 10.5. The summed E-state index contributed by atoms with van der Waals surface area (Å²) in [5.41, 5.74) is 1.57. The van der Waals surface area contributed by atoms with Gasteiger partial charge < -0.3 is 4.74 Å². The zero-order valence-electron chi connectivity index (χ0n) is 13.7. The van der Waals surface area contributed by atoms with Gasteiger partial charge in [-0.2, -0.15) is 0 Å². The van der Waals surface area contributed by atoms with Crippen molar-refractivity contribution in [1.29, 1.82) is 0 Å². The number of carbonyl (C=O) groups excluding carboxylic acids is 1. The molecule has 1 aromatic heterocycles. The molecule has 0 aliphatic heterocycles. The van der Waals surface area contributed by atoms with Crippen LogP contribution in [-0.2, 0) is 6.61 Å². The first-order valence-electron chi connectivity index (χ1n) is 7.85. The van der Waals surface area contributed by atoms with E-state index in [-0.39, 0.29) is 5.78 Å². The lowest BCUT2D eigenvalue weighted by molar-refractivity contribution is 0.102. The van der Waals surface area contributed by atoms with E-state index in [1.165, 1.54) is 11.8 Å². The average Bonchev–Trinajstić information content (AvgIpc) is 2.68. The second-order valence-electron chi connectivity index (χ2n) is 5.44. The number of Topliss-reactive ketones (excluding diaryl/α,β-unsaturated/α-hetero) is 1. The first kappa shape index (κ1) is 18.8. The number of carbonyl (C=O) groups is 1. The SMILES string of the molecule is O=C(CSc1ccccn1)c1ccc(OCc2ccc(Cl)c(Cl)c2)cc1. The van der Waals surface area contributed by atoms with Gasteiger partial charge in [0.05, 0.1) is 20.8 Å². The fourth-order valence-electron chi connectivity index (χ4n) is 2.19. The molecule has 0 bridgehead atoms. The van der Waals surface area contributed by atoms with E-state index in [1.54, 1.807) is 42.6 Å². The van der Waals surface area contributed by atoms with Crippen molar-refractivity contribution in [1.82, 2.24) is 4.98 Å². The molecule has 0 saturated heterocycles. The van der Waals surface area contributed by atoms with Gasteiger partial charge in [0, 0.05) is 11.8 Å². The van der Waals surface area contributed by atoms with E-state index in [9.17, 15) is 4.79 Å². The lowest BCUT2D eigenvalue weighted by Gasteiger charge is -2.08. The van der Waals surface area contributed by atoms with Crippen LogP contribution in [0.2, 0.25) is 10.0 Å². The maximum absolute atomic E-state index is 12.3. The molecule has 0 aliphatic rings. The number of thioether (sulfide) groups is 1. The molecule has 0 saturated carbocycles. The Morgan fingerprint density at radius 3 is 2.50 bits per heavy atom. The Morgan fingerprint density at radius 1 is 1.00 bits per heavy atom. The second-order valence-corrected chi connectivity index (χ2v) is 7.25. The first-order valence-corrected chi connectivity index (χ1v) is 9.60. The molecular formula is C20H15Cl2NO2S. The van der Waals surface area contributed by atoms with Gasteiger partial charge in [0.2, 0.25) is 0 Å². The van der Waals surface area contributed by atoms with Gasteiger partial charge in [-0.05, 0) is 54.1 Å². The largest absolute Gasteiger partial charge is 0.489 e. The number of aromatic nitrogens is 1. The lowest BCUT2D eigenvalue weighted by atomic mass is 10.1. The zero-order valence-corrected chi connectivity index (χ0v) is 16.0. The number of hydrogen-bond acceptors (Lipinski definition) is 4. The molecule has 3 aromatic rings. The van der Waals surface area contributed by atoms with Crippen LogP contribution in [0.3, 0.4) is 0 Å². The number of halogens is 2. The molecule has 6 heteroatoms. The number of ether oxygens (including phenoxy) is 1. The summed E-state index contributed by atoms with van der Waals surface area (Å²) < 4.78 is 5.72. The number of ketones is 1. The standard InChI is InChI=1S/C20H15Cl2NO2S/c21-17-9-4-14(11-18(17)22)12-25-16-7-5-15(6-8-16)19(24)13-26-20-3-1-2-10-23-20/h1-11H,12-13H2. The molecular weight excluding hydrogens is 389 g/mol. The fraction of sp³-hybridized carbons (Fsp3) is 0.100. The van der Waals surface area contributed by atoms with Crippen molar-refractivity contribution in [3.05, 3.63) is 88.0 Å². The number of hydrogen-bond donors (Lipinski definition) is 0. The van der Waals surface area contributed by atoms with Gasteiger partial charge in [-0.15, -0.1) is 0 Å². The summed E-state index contributed by atoms with van der Waals surface area (Å²) in [6.07, 6.45) is 1.72. The number of benzene rings is 2. The molecule has 26 heavy (non-hydrogen) atoms. The highest BCUT2D eigenvalue weighted by Crippen LogP contribution is 2.24. The quantitative estimate of drug-likeness (QED) is 0.361. The van der Waals surface area contributed by atoms with Crippen molar-refractivity contribution >= 4 is 40.7 Å². The van der Waals surface area contributed by atoms with Crippen LogP contribution >= 0.6 is 35.0 Å². The third kappa shape index (κ3) is 5.24. The van der Waals surface area contributed by atoms with Crippen molar-refractivity contribution in [2.24, 2.45) is 0 Å². The summed E-state index contributed by atoms with van der Waals surface area (Å²) in [6, 6.07) is 18.1. The minimum atomic E-state index is 0.0525. The topological polar surface area (TPSA) is 39.2 Å². The summed E-state index contributed by atoms with van der Waals surface area (Å²) in [6.45, 7) is 0.375. The summed E-state index contributed by atoms with van der Waals surface area (Å²) in [5.74, 6) is 1.09. The minimum Gasteiger partial charge on any atom is -0.489 e. The van der Waals surface area contributed by atoms with Gasteiger partial charge in [-0.25, -0.2) is 4.98 Å². The molecule has 1 heterocycles. The molecule has 0 radical (unpaired) electrons. The van der Waals surface area contributed by atoms with Crippen LogP contribution in [-0.4, -0.2) is 16.5 Å². The molecule has 0 aliphatic carbocycles. The van der Waals surface area contributed by atoms with E-state index in [0.717, 1.165) is 10.6 Å². The minimum absolute atomic E-state index is 0.0525. The highest BCUT2D eigenvalue weighted by atomic mass is 35.5. The van der Waals surface area contributed by atoms with Crippen molar-refractivity contribution in [2.45, 2.75) is 11.6 Å². The van der Waals surface area contributed by atoms with Gasteiger partial charge in [0.1, 0.15) is 12.4 Å². The molecule has 2 aromatic carbocycles. The molecule has 0 unspecified atom stereocenters. The van der Waals surface area contributed by atoms with Crippen LogP contribution < -0.4 is 4.74 Å². The fourth-order valence-corrected chi connectivity index (χ4v) is 3.26. The Labute approximate surface area is 166 Å². The molecule has 132 valence electrons. The maximum Gasteiger partial charge on any atom is 0.173 e. The molecule has 0 atom stereocenters. The van der Waals surface area contributed by atoms with Gasteiger partial charge in [-0.3, -0.25) is 4.79 Å². The van der Waals surface area contributed by atoms with Crippen LogP contribution in [0.4, 0.5) is 0 Å². The Balaban J connectivity index is 1.54. The molecule has 0 spiro atoms. The van der Waals surface area contributed by atoms with Crippen LogP contribution in [0.5, 0.6) is 5.75 Å². The predicted octanol–water partition coefficient (Wildman–Crippen LogP) is 5.94. The van der Waals surface area contributed by atoms with Crippen LogP contribution in [0.1, 0.15) is 15.9 Å². The number of pyridine rings is 1. The van der Waals surface area contributed by atoms with Crippen molar-refractivity contribution in [3.63, 3.8) is 0 Å². The van der Waals surface area contributed by atoms with Crippen LogP contribution in [0.25, 0.3) is 0 Å². The van der Waals surface area contributed by atoms with Crippen molar-refractivity contribution in [3.8, 4) is 5.75 Å². The van der Waals surface area contributed by atoms with Crippen molar-refractivity contribution in [2.75, 3.05) is 5.75 Å². The molecule has 3 nitrogen and oxygen atoms in total. The van der Waals surface area contributed by atoms with E-state index < -0.39 is 0 Å². The van der Waals surface area contributed by atoms with Gasteiger partial charge >= 0.3 is 0 Å². The molecule has 0 N–H and O–H groups in total. The third-order valence-corrected chi connectivity index (χ3v) is 5.24. The summed E-state index contributed by atoms with van der Waals surface area (Å²) in [5, 5.41) is 1.85. The average molecular weight is 404 g/mol. The Kier molecular flexibility index (Phi) is 6.56. The Hall–Kier alpha value is -2.01. The van der Waals surface area contributed by atoms with Crippen LogP contribution in [0, 0.1) is 0 Å². The monoisotopic (exact) mass is 403 g/mol. The predicted molar refractivity (Wildman–Crippen MR) is 107 cm³/mol. The highest BCUT2D eigenvalue weighted by molar-refractivity contribution is 7.99. The van der Waals surface area contributed by atoms with Gasteiger partial charge in [-0.1, -0.05) is 47.1 Å². The van der Waals surface area contributed by atoms with Gasteiger partial charge in [0.15, 0.2) is 5.78 Å². The molecule has 3 rings (SSSR count). The van der Waals surface area contributed by atoms with E-state index in [0.29, 0.717) is 33.7 Å². The van der Waals surface area contributed by atoms with Crippen molar-refractivity contribution < 1.29 is 9.53 Å². The van der Waals surface area contributed by atoms with E-state index in [4.69, 9.17) is 27.9 Å². The number of nitrogens with zero attached hydrogens (tertiary/aromatic N) is 1. The first-order chi connectivity index (χ1) is 12.6. The Morgan fingerprint density at radius 2 is 1.81 bits per heavy atom. The summed E-state index contributed by atoms with van der Waals surface area (Å²) in [4.78, 5) is 16.5. The smallest absolute Gasteiger partial charge is 0.173 e. The van der Waals surface area contributed by atoms with E-state index in [1.807, 2.05) is 24.3 Å². The maximum atomic E-state index is 12.3.